The van der Waals surface area contributed by atoms with E-state index in [0.29, 0.717) is 26.1 Å². The minimum atomic E-state index is -0.577. The summed E-state index contributed by atoms with van der Waals surface area (Å²) >= 11 is 1.49. The Morgan fingerprint density at radius 1 is 1.19 bits per heavy atom. The Morgan fingerprint density at radius 3 is 2.50 bits per heavy atom. The molecule has 1 aromatic carbocycles. The van der Waals surface area contributed by atoms with Gasteiger partial charge in [0.05, 0.1) is 18.9 Å². The molecule has 32 heavy (non-hydrogen) atoms. The summed E-state index contributed by atoms with van der Waals surface area (Å²) in [5.74, 6) is 0.745. The van der Waals surface area contributed by atoms with Crippen LogP contribution in [-0.2, 0) is 16.1 Å². The lowest BCUT2D eigenvalue weighted by Crippen LogP contribution is -2.38. The monoisotopic (exact) mass is 459 g/mol. The molecule has 174 valence electrons. The van der Waals surface area contributed by atoms with Gasteiger partial charge in [-0.05, 0) is 70.0 Å². The maximum absolute atomic E-state index is 12.6. The molecular formula is C24H33N3O4S. The first-order valence-electron chi connectivity index (χ1n) is 10.6. The molecule has 0 radical (unpaired) electrons. The lowest BCUT2D eigenvalue weighted by Gasteiger charge is -2.27. The fourth-order valence-electron chi connectivity index (χ4n) is 2.81. The third kappa shape index (κ3) is 9.18. The highest BCUT2D eigenvalue weighted by Gasteiger charge is 2.22. The van der Waals surface area contributed by atoms with Crippen LogP contribution in [0.5, 0.6) is 5.75 Å². The van der Waals surface area contributed by atoms with Gasteiger partial charge in [0.15, 0.2) is 0 Å². The number of hydrogen-bond acceptors (Lipinski definition) is 6. The molecule has 0 aliphatic rings. The fourth-order valence-corrected chi connectivity index (χ4v) is 3.70. The first-order chi connectivity index (χ1) is 15.2. The minimum Gasteiger partial charge on any atom is -0.497 e. The van der Waals surface area contributed by atoms with Crippen LogP contribution in [0.1, 0.15) is 39.7 Å². The molecule has 1 heterocycles. The Balaban J connectivity index is 1.83. The summed E-state index contributed by atoms with van der Waals surface area (Å²) in [5.41, 5.74) is 0.346. The molecule has 1 aromatic heterocycles. The Bertz CT molecular complexity index is 854. The van der Waals surface area contributed by atoms with E-state index in [1.807, 2.05) is 64.1 Å². The van der Waals surface area contributed by atoms with Gasteiger partial charge >= 0.3 is 6.09 Å². The van der Waals surface area contributed by atoms with E-state index in [4.69, 9.17) is 9.47 Å². The summed E-state index contributed by atoms with van der Waals surface area (Å²) in [6, 6.07) is 11.4. The van der Waals surface area contributed by atoms with Crippen molar-refractivity contribution in [3.05, 3.63) is 54.4 Å². The largest absolute Gasteiger partial charge is 0.497 e. The molecule has 1 N–H and O–H groups in total. The van der Waals surface area contributed by atoms with Crippen LogP contribution in [0.3, 0.4) is 0 Å². The van der Waals surface area contributed by atoms with Gasteiger partial charge in [0, 0.05) is 30.4 Å². The Labute approximate surface area is 194 Å². The molecule has 1 atom stereocenters. The molecule has 1 unspecified atom stereocenters. The van der Waals surface area contributed by atoms with Gasteiger partial charge in [-0.1, -0.05) is 6.07 Å². The molecule has 0 spiro atoms. The maximum atomic E-state index is 12.6. The molecule has 2 aromatic rings. The van der Waals surface area contributed by atoms with Crippen molar-refractivity contribution in [2.24, 2.45) is 0 Å². The van der Waals surface area contributed by atoms with Crippen molar-refractivity contribution in [1.29, 1.82) is 0 Å². The van der Waals surface area contributed by atoms with Gasteiger partial charge in [-0.25, -0.2) is 4.79 Å². The van der Waals surface area contributed by atoms with Gasteiger partial charge in [0.2, 0.25) is 5.91 Å². The van der Waals surface area contributed by atoms with E-state index >= 15 is 0 Å². The van der Waals surface area contributed by atoms with Gasteiger partial charge in [0.25, 0.3) is 0 Å². The first kappa shape index (κ1) is 25.5. The fraction of sp³-hybridized carbons (Fsp3) is 0.458. The number of pyridine rings is 1. The Kier molecular flexibility index (Phi) is 9.84. The second-order valence-electron chi connectivity index (χ2n) is 8.34. The molecule has 0 saturated carbocycles. The number of benzene rings is 1. The van der Waals surface area contributed by atoms with Crippen LogP contribution in [0.25, 0.3) is 0 Å². The van der Waals surface area contributed by atoms with E-state index in [9.17, 15) is 9.59 Å². The molecule has 0 saturated heterocycles. The molecule has 7 nitrogen and oxygen atoms in total. The number of nitrogens with one attached hydrogen (secondary N) is 1. The first-order valence-corrected chi connectivity index (χ1v) is 11.5. The van der Waals surface area contributed by atoms with Crippen molar-refractivity contribution in [3.63, 3.8) is 0 Å². The molecule has 2 rings (SSSR count). The summed E-state index contributed by atoms with van der Waals surface area (Å²) < 4.78 is 10.7. The van der Waals surface area contributed by atoms with Crippen molar-refractivity contribution in [2.45, 2.75) is 56.4 Å². The average Bonchev–Trinajstić information content (AvgIpc) is 2.75. The van der Waals surface area contributed by atoms with E-state index in [-0.39, 0.29) is 17.3 Å². The standard InChI is InChI=1S/C24H33N3O4S/c1-18(32-21-11-9-20(30-5)10-12-21)22(28)26-14-7-15-27(23(29)31-24(2,3)4)17-19-8-6-13-25-16-19/h6,8-13,16,18H,7,14-15,17H2,1-5H3,(H,26,28). The number of carbonyl (C=O) groups is 2. The zero-order valence-electron chi connectivity index (χ0n) is 19.5. The average molecular weight is 460 g/mol. The minimum absolute atomic E-state index is 0.0399. The van der Waals surface area contributed by atoms with Gasteiger partial charge in [-0.15, -0.1) is 11.8 Å². The number of nitrogens with zero attached hydrogens (tertiary/aromatic N) is 2. The van der Waals surface area contributed by atoms with Crippen LogP contribution in [0, 0.1) is 0 Å². The zero-order chi connectivity index (χ0) is 23.6. The molecule has 0 aliphatic heterocycles. The summed E-state index contributed by atoms with van der Waals surface area (Å²) in [5, 5.41) is 2.72. The number of ether oxygens (including phenoxy) is 2. The van der Waals surface area contributed by atoms with Gasteiger partial charge in [-0.2, -0.15) is 0 Å². The highest BCUT2D eigenvalue weighted by Crippen LogP contribution is 2.25. The maximum Gasteiger partial charge on any atom is 0.410 e. The quantitative estimate of drug-likeness (QED) is 0.416. The van der Waals surface area contributed by atoms with Crippen molar-refractivity contribution < 1.29 is 19.1 Å². The van der Waals surface area contributed by atoms with Crippen LogP contribution in [0.2, 0.25) is 0 Å². The number of methoxy groups -OCH3 is 1. The normalized spacial score (nSPS) is 12.0. The summed E-state index contributed by atoms with van der Waals surface area (Å²) in [6.07, 6.45) is 3.67. The van der Waals surface area contributed by atoms with Gasteiger partial charge in [-0.3, -0.25) is 9.78 Å². The van der Waals surface area contributed by atoms with Crippen molar-refractivity contribution >= 4 is 23.8 Å². The van der Waals surface area contributed by atoms with E-state index in [2.05, 4.69) is 10.3 Å². The van der Waals surface area contributed by atoms with Crippen LogP contribution in [0.15, 0.2) is 53.7 Å². The highest BCUT2D eigenvalue weighted by atomic mass is 32.2. The van der Waals surface area contributed by atoms with Crippen LogP contribution < -0.4 is 10.1 Å². The van der Waals surface area contributed by atoms with Crippen molar-refractivity contribution in [2.75, 3.05) is 20.2 Å². The number of rotatable bonds is 10. The molecule has 0 aliphatic carbocycles. The summed E-state index contributed by atoms with van der Waals surface area (Å²) in [7, 11) is 1.62. The number of hydrogen-bond donors (Lipinski definition) is 1. The van der Waals surface area contributed by atoms with Crippen LogP contribution >= 0.6 is 11.8 Å². The van der Waals surface area contributed by atoms with E-state index in [1.54, 1.807) is 24.4 Å². The number of amides is 2. The molecule has 0 fully saturated rings. The third-order valence-electron chi connectivity index (χ3n) is 4.39. The molecule has 2 amide bonds. The summed E-state index contributed by atoms with van der Waals surface area (Å²) in [4.78, 5) is 31.8. The zero-order valence-corrected chi connectivity index (χ0v) is 20.3. The smallest absolute Gasteiger partial charge is 0.410 e. The lowest BCUT2D eigenvalue weighted by atomic mass is 10.2. The van der Waals surface area contributed by atoms with Crippen molar-refractivity contribution in [1.82, 2.24) is 15.2 Å². The molecule has 0 bridgehead atoms. The topological polar surface area (TPSA) is 80.8 Å². The Hall–Kier alpha value is -2.74. The van der Waals surface area contributed by atoms with E-state index in [1.165, 1.54) is 11.8 Å². The van der Waals surface area contributed by atoms with Gasteiger partial charge in [0.1, 0.15) is 11.4 Å². The molecular weight excluding hydrogens is 426 g/mol. The van der Waals surface area contributed by atoms with E-state index < -0.39 is 5.60 Å². The predicted molar refractivity (Wildman–Crippen MR) is 127 cm³/mol. The van der Waals surface area contributed by atoms with Gasteiger partial charge < -0.3 is 19.7 Å². The van der Waals surface area contributed by atoms with Crippen LogP contribution in [-0.4, -0.2) is 52.9 Å². The SMILES string of the molecule is COc1ccc(SC(C)C(=O)NCCCN(Cc2cccnc2)C(=O)OC(C)(C)C)cc1. The predicted octanol–water partition coefficient (Wildman–Crippen LogP) is 4.51. The third-order valence-corrected chi connectivity index (χ3v) is 5.51. The lowest BCUT2D eigenvalue weighted by molar-refractivity contribution is -0.120. The Morgan fingerprint density at radius 2 is 1.91 bits per heavy atom. The number of carbonyl (C=O) groups excluding carboxylic acids is 2. The van der Waals surface area contributed by atoms with Crippen molar-refractivity contribution in [3.8, 4) is 5.75 Å². The number of aromatic nitrogens is 1. The summed E-state index contributed by atoms with van der Waals surface area (Å²) in [6.45, 7) is 8.74. The second kappa shape index (κ2) is 12.3. The van der Waals surface area contributed by atoms with E-state index in [0.717, 1.165) is 16.2 Å². The highest BCUT2D eigenvalue weighted by molar-refractivity contribution is 8.00. The number of thioether (sulfide) groups is 1. The second-order valence-corrected chi connectivity index (χ2v) is 9.76. The molecule has 8 heteroatoms. The van der Waals surface area contributed by atoms with Crippen LogP contribution in [0.4, 0.5) is 4.79 Å².